The molecule has 6 heteroatoms. The summed E-state index contributed by atoms with van der Waals surface area (Å²) in [4.78, 5) is 4.00. The Labute approximate surface area is 108 Å². The zero-order chi connectivity index (χ0) is 13.7. The van der Waals surface area contributed by atoms with Gasteiger partial charge in [0.25, 0.3) is 6.43 Å². The molecule has 100 valence electrons. The zero-order valence-corrected chi connectivity index (χ0v) is 9.82. The molecule has 2 aromatic rings. The third kappa shape index (κ3) is 3.87. The fraction of sp³-hybridized carbons (Fsp3) is 0.154. The molecule has 0 atom stereocenters. The SMILES string of the molecule is Fc1ccc(Nc2ncccc2OCC(F)F)cc1. The maximum absolute atomic E-state index is 12.8. The quantitative estimate of drug-likeness (QED) is 0.899. The molecule has 0 radical (unpaired) electrons. The van der Waals surface area contributed by atoms with Gasteiger partial charge in [0.2, 0.25) is 0 Å². The summed E-state index contributed by atoms with van der Waals surface area (Å²) in [6.45, 7) is -0.705. The molecule has 3 nitrogen and oxygen atoms in total. The van der Waals surface area contributed by atoms with Crippen LogP contribution >= 0.6 is 0 Å². The van der Waals surface area contributed by atoms with E-state index in [0.717, 1.165) is 0 Å². The third-order valence-corrected chi connectivity index (χ3v) is 2.24. The van der Waals surface area contributed by atoms with E-state index in [2.05, 4.69) is 10.3 Å². The van der Waals surface area contributed by atoms with E-state index in [-0.39, 0.29) is 11.6 Å². The molecule has 1 heterocycles. The van der Waals surface area contributed by atoms with Crippen molar-refractivity contribution in [2.75, 3.05) is 11.9 Å². The molecule has 1 N–H and O–H groups in total. The minimum absolute atomic E-state index is 0.215. The van der Waals surface area contributed by atoms with Gasteiger partial charge in [-0.3, -0.25) is 0 Å². The van der Waals surface area contributed by atoms with Crippen molar-refractivity contribution in [1.29, 1.82) is 0 Å². The summed E-state index contributed by atoms with van der Waals surface area (Å²) in [7, 11) is 0. The molecule has 0 saturated carbocycles. The van der Waals surface area contributed by atoms with Gasteiger partial charge in [-0.2, -0.15) is 0 Å². The molecule has 0 saturated heterocycles. The number of halogens is 3. The smallest absolute Gasteiger partial charge is 0.272 e. The van der Waals surface area contributed by atoms with E-state index in [0.29, 0.717) is 11.5 Å². The summed E-state index contributed by atoms with van der Waals surface area (Å²) in [5.74, 6) is 0.155. The topological polar surface area (TPSA) is 34.2 Å². The summed E-state index contributed by atoms with van der Waals surface area (Å²) in [5.41, 5.74) is 0.585. The van der Waals surface area contributed by atoms with Gasteiger partial charge in [0, 0.05) is 11.9 Å². The average molecular weight is 268 g/mol. The van der Waals surface area contributed by atoms with Crippen LogP contribution in [0.5, 0.6) is 5.75 Å². The molecule has 19 heavy (non-hydrogen) atoms. The van der Waals surface area contributed by atoms with Crippen molar-refractivity contribution in [3.05, 3.63) is 48.4 Å². The summed E-state index contributed by atoms with van der Waals surface area (Å²) >= 11 is 0. The molecule has 0 unspecified atom stereocenters. The van der Waals surface area contributed by atoms with Gasteiger partial charge in [-0.25, -0.2) is 18.2 Å². The number of nitrogens with one attached hydrogen (secondary N) is 1. The predicted molar refractivity (Wildman–Crippen MR) is 65.4 cm³/mol. The van der Waals surface area contributed by atoms with Gasteiger partial charge in [-0.1, -0.05) is 0 Å². The number of aromatic nitrogens is 1. The fourth-order valence-corrected chi connectivity index (χ4v) is 1.42. The van der Waals surface area contributed by atoms with Crippen LogP contribution in [-0.4, -0.2) is 18.0 Å². The van der Waals surface area contributed by atoms with E-state index in [1.54, 1.807) is 6.07 Å². The second kappa shape index (κ2) is 6.08. The van der Waals surface area contributed by atoms with Gasteiger partial charge >= 0.3 is 0 Å². The third-order valence-electron chi connectivity index (χ3n) is 2.24. The summed E-state index contributed by atoms with van der Waals surface area (Å²) in [6, 6.07) is 8.70. The van der Waals surface area contributed by atoms with Gasteiger partial charge in [0.1, 0.15) is 12.4 Å². The van der Waals surface area contributed by atoms with Gasteiger partial charge in [0.15, 0.2) is 11.6 Å². The number of anilines is 2. The van der Waals surface area contributed by atoms with Crippen LogP contribution in [0.3, 0.4) is 0 Å². The first-order valence-corrected chi connectivity index (χ1v) is 5.53. The maximum Gasteiger partial charge on any atom is 0.272 e. The number of alkyl halides is 2. The number of hydrogen-bond acceptors (Lipinski definition) is 3. The maximum atomic E-state index is 12.8. The molecule has 0 bridgehead atoms. The van der Waals surface area contributed by atoms with Crippen LogP contribution in [0.4, 0.5) is 24.7 Å². The Hall–Kier alpha value is -2.24. The molecular weight excluding hydrogens is 257 g/mol. The minimum Gasteiger partial charge on any atom is -0.484 e. The lowest BCUT2D eigenvalue weighted by Crippen LogP contribution is -2.08. The second-order valence-corrected chi connectivity index (χ2v) is 3.68. The Morgan fingerprint density at radius 1 is 1.16 bits per heavy atom. The molecule has 1 aromatic heterocycles. The number of ether oxygens (including phenoxy) is 1. The summed E-state index contributed by atoms with van der Waals surface area (Å²) < 4.78 is 41.9. The molecule has 0 fully saturated rings. The molecule has 1 aromatic carbocycles. The van der Waals surface area contributed by atoms with E-state index in [9.17, 15) is 13.2 Å². The lowest BCUT2D eigenvalue weighted by atomic mass is 10.3. The van der Waals surface area contributed by atoms with Crippen LogP contribution in [-0.2, 0) is 0 Å². The van der Waals surface area contributed by atoms with Crippen molar-refractivity contribution < 1.29 is 17.9 Å². The highest BCUT2D eigenvalue weighted by Crippen LogP contribution is 2.25. The molecule has 0 amide bonds. The number of nitrogens with zero attached hydrogens (tertiary/aromatic N) is 1. The predicted octanol–water partition coefficient (Wildman–Crippen LogP) is 3.61. The molecule has 2 rings (SSSR count). The van der Waals surface area contributed by atoms with Crippen LogP contribution in [0, 0.1) is 5.82 Å². The van der Waals surface area contributed by atoms with E-state index in [1.165, 1.54) is 36.5 Å². The summed E-state index contributed by atoms with van der Waals surface area (Å²) in [5, 5.41) is 2.88. The Morgan fingerprint density at radius 2 is 1.89 bits per heavy atom. The average Bonchev–Trinajstić information content (AvgIpc) is 2.40. The Balaban J connectivity index is 2.13. The number of benzene rings is 1. The lowest BCUT2D eigenvalue weighted by Gasteiger charge is -2.11. The monoisotopic (exact) mass is 268 g/mol. The standard InChI is InChI=1S/C13H11F3N2O/c14-9-3-5-10(6-4-9)18-13-11(2-1-7-17-13)19-8-12(15)16/h1-7,12H,8H2,(H,17,18). The van der Waals surface area contributed by atoms with E-state index >= 15 is 0 Å². The van der Waals surface area contributed by atoms with Crippen molar-refractivity contribution in [3.8, 4) is 5.75 Å². The van der Waals surface area contributed by atoms with E-state index < -0.39 is 13.0 Å². The Bertz CT molecular complexity index is 532. The first-order chi connectivity index (χ1) is 9.15. The second-order valence-electron chi connectivity index (χ2n) is 3.68. The number of pyridine rings is 1. The van der Waals surface area contributed by atoms with Crippen molar-refractivity contribution >= 4 is 11.5 Å². The Morgan fingerprint density at radius 3 is 2.58 bits per heavy atom. The highest BCUT2D eigenvalue weighted by atomic mass is 19.3. The van der Waals surface area contributed by atoms with Gasteiger partial charge in [-0.15, -0.1) is 0 Å². The van der Waals surface area contributed by atoms with Crippen molar-refractivity contribution in [2.45, 2.75) is 6.43 Å². The molecular formula is C13H11F3N2O. The molecule has 0 aliphatic carbocycles. The highest BCUT2D eigenvalue weighted by molar-refractivity contribution is 5.61. The van der Waals surface area contributed by atoms with Gasteiger partial charge < -0.3 is 10.1 Å². The van der Waals surface area contributed by atoms with E-state index in [1.807, 2.05) is 0 Å². The van der Waals surface area contributed by atoms with Crippen molar-refractivity contribution in [1.82, 2.24) is 4.98 Å². The van der Waals surface area contributed by atoms with Crippen LogP contribution in [0.15, 0.2) is 42.6 Å². The van der Waals surface area contributed by atoms with Crippen molar-refractivity contribution in [2.24, 2.45) is 0 Å². The van der Waals surface area contributed by atoms with Crippen LogP contribution in [0.25, 0.3) is 0 Å². The van der Waals surface area contributed by atoms with Gasteiger partial charge in [0.05, 0.1) is 0 Å². The fourth-order valence-electron chi connectivity index (χ4n) is 1.42. The minimum atomic E-state index is -2.56. The van der Waals surface area contributed by atoms with Crippen molar-refractivity contribution in [3.63, 3.8) is 0 Å². The zero-order valence-electron chi connectivity index (χ0n) is 9.82. The van der Waals surface area contributed by atoms with E-state index in [4.69, 9.17) is 4.74 Å². The number of hydrogen-bond donors (Lipinski definition) is 1. The van der Waals surface area contributed by atoms with Crippen LogP contribution in [0.1, 0.15) is 0 Å². The highest BCUT2D eigenvalue weighted by Gasteiger charge is 2.08. The molecule has 0 aliphatic rings. The molecule has 0 aliphatic heterocycles. The summed E-state index contributed by atoms with van der Waals surface area (Å²) in [6.07, 6.45) is -1.06. The van der Waals surface area contributed by atoms with Crippen LogP contribution in [0.2, 0.25) is 0 Å². The first kappa shape index (κ1) is 13.2. The first-order valence-electron chi connectivity index (χ1n) is 5.53. The Kier molecular flexibility index (Phi) is 4.22. The van der Waals surface area contributed by atoms with Gasteiger partial charge in [-0.05, 0) is 36.4 Å². The normalized spacial score (nSPS) is 10.5. The number of rotatable bonds is 5. The van der Waals surface area contributed by atoms with Crippen LogP contribution < -0.4 is 10.1 Å². The lowest BCUT2D eigenvalue weighted by molar-refractivity contribution is 0.0821. The largest absolute Gasteiger partial charge is 0.484 e. The molecule has 0 spiro atoms.